The van der Waals surface area contributed by atoms with Crippen molar-refractivity contribution < 1.29 is 0 Å². The van der Waals surface area contributed by atoms with Crippen molar-refractivity contribution in [1.82, 2.24) is 10.2 Å². The molecule has 1 saturated heterocycles. The average molecular weight is 283 g/mol. The van der Waals surface area contributed by atoms with Gasteiger partial charge in [-0.3, -0.25) is 0 Å². The lowest BCUT2D eigenvalue weighted by molar-refractivity contribution is 0.188. The van der Waals surface area contributed by atoms with Gasteiger partial charge >= 0.3 is 0 Å². The molecule has 0 saturated carbocycles. The van der Waals surface area contributed by atoms with Crippen LogP contribution in [0, 0.1) is 17.3 Å². The molecule has 1 N–H and O–H groups in total. The molecule has 120 valence electrons. The molecule has 1 rings (SSSR count). The van der Waals surface area contributed by atoms with E-state index in [-0.39, 0.29) is 0 Å². The third kappa shape index (κ3) is 7.64. The van der Waals surface area contributed by atoms with E-state index in [2.05, 4.69) is 44.8 Å². The molecule has 1 fully saturated rings. The molecule has 0 bridgehead atoms. The minimum absolute atomic E-state index is 0.495. The number of nitrogens with zero attached hydrogens (tertiary/aromatic N) is 1. The quantitative estimate of drug-likeness (QED) is 0.605. The van der Waals surface area contributed by atoms with Crippen LogP contribution in [0.5, 0.6) is 0 Å². The Morgan fingerprint density at radius 3 is 2.65 bits per heavy atom. The number of nitrogens with one attached hydrogen (secondary N) is 1. The minimum atomic E-state index is 0.495. The Morgan fingerprint density at radius 1 is 1.25 bits per heavy atom. The Balaban J connectivity index is 2.19. The van der Waals surface area contributed by atoms with Gasteiger partial charge in [-0.25, -0.2) is 0 Å². The molecule has 0 aromatic heterocycles. The van der Waals surface area contributed by atoms with E-state index in [0.717, 1.165) is 11.8 Å². The fourth-order valence-electron chi connectivity index (χ4n) is 3.34. The summed E-state index contributed by atoms with van der Waals surface area (Å²) in [5.41, 5.74) is 0.495. The van der Waals surface area contributed by atoms with Crippen LogP contribution < -0.4 is 5.32 Å². The Kier molecular flexibility index (Phi) is 8.13. The highest BCUT2D eigenvalue weighted by Crippen LogP contribution is 2.27. The van der Waals surface area contributed by atoms with E-state index >= 15 is 0 Å². The number of hydrogen-bond acceptors (Lipinski definition) is 2. The van der Waals surface area contributed by atoms with Crippen LogP contribution in [0.3, 0.4) is 0 Å². The van der Waals surface area contributed by atoms with Gasteiger partial charge in [0.2, 0.25) is 0 Å². The third-order valence-corrected chi connectivity index (χ3v) is 4.46. The minimum Gasteiger partial charge on any atom is -0.316 e. The highest BCUT2D eigenvalue weighted by Gasteiger charge is 2.27. The van der Waals surface area contributed by atoms with E-state index in [1.807, 2.05) is 0 Å². The smallest absolute Gasteiger partial charge is 0.00328 e. The zero-order valence-electron chi connectivity index (χ0n) is 14.7. The Labute approximate surface area is 127 Å². The first-order valence-electron chi connectivity index (χ1n) is 8.86. The molecule has 1 heterocycles. The molecule has 1 atom stereocenters. The largest absolute Gasteiger partial charge is 0.316 e. The molecule has 0 radical (unpaired) electrons. The van der Waals surface area contributed by atoms with Gasteiger partial charge < -0.3 is 10.2 Å². The van der Waals surface area contributed by atoms with Crippen LogP contribution >= 0.6 is 0 Å². The molecule has 0 aliphatic carbocycles. The van der Waals surface area contributed by atoms with Gasteiger partial charge in [0.1, 0.15) is 0 Å². The SMILES string of the molecule is CCCCCC(C)(C)CN1CCC(CNCC(C)C)C1. The van der Waals surface area contributed by atoms with Crippen LogP contribution in [0.25, 0.3) is 0 Å². The van der Waals surface area contributed by atoms with Gasteiger partial charge in [-0.05, 0) is 49.7 Å². The molecule has 2 heteroatoms. The summed E-state index contributed by atoms with van der Waals surface area (Å²) >= 11 is 0. The first-order valence-corrected chi connectivity index (χ1v) is 8.86. The van der Waals surface area contributed by atoms with Crippen molar-refractivity contribution in [3.63, 3.8) is 0 Å². The Bertz CT molecular complexity index is 248. The molecule has 1 unspecified atom stereocenters. The standard InChI is InChI=1S/C18H38N2/c1-6-7-8-10-18(4,5)15-20-11-9-17(14-20)13-19-12-16(2)3/h16-17,19H,6-15H2,1-5H3. The molecule has 0 aromatic carbocycles. The van der Waals surface area contributed by atoms with E-state index in [1.54, 1.807) is 0 Å². The monoisotopic (exact) mass is 282 g/mol. The zero-order valence-corrected chi connectivity index (χ0v) is 14.7. The van der Waals surface area contributed by atoms with E-state index in [4.69, 9.17) is 0 Å². The summed E-state index contributed by atoms with van der Waals surface area (Å²) in [4.78, 5) is 2.70. The van der Waals surface area contributed by atoms with Gasteiger partial charge in [-0.1, -0.05) is 53.9 Å². The maximum absolute atomic E-state index is 3.63. The van der Waals surface area contributed by atoms with Crippen molar-refractivity contribution in [2.75, 3.05) is 32.7 Å². The summed E-state index contributed by atoms with van der Waals surface area (Å²) in [6.45, 7) is 18.1. The fraction of sp³-hybridized carbons (Fsp3) is 1.00. The van der Waals surface area contributed by atoms with Crippen LogP contribution in [-0.4, -0.2) is 37.6 Å². The fourth-order valence-corrected chi connectivity index (χ4v) is 3.34. The molecule has 1 aliphatic rings. The molecule has 0 aromatic rings. The van der Waals surface area contributed by atoms with Gasteiger partial charge in [-0.2, -0.15) is 0 Å². The van der Waals surface area contributed by atoms with Crippen molar-refractivity contribution in [3.8, 4) is 0 Å². The second-order valence-corrected chi connectivity index (χ2v) is 8.06. The lowest BCUT2D eigenvalue weighted by Crippen LogP contribution is -2.34. The number of unbranched alkanes of at least 4 members (excludes halogenated alkanes) is 2. The van der Waals surface area contributed by atoms with E-state index in [1.165, 1.54) is 64.8 Å². The zero-order chi connectivity index (χ0) is 15.0. The van der Waals surface area contributed by atoms with Crippen molar-refractivity contribution in [2.45, 2.75) is 66.7 Å². The second-order valence-electron chi connectivity index (χ2n) is 8.06. The number of rotatable bonds is 10. The lowest BCUT2D eigenvalue weighted by atomic mass is 9.86. The summed E-state index contributed by atoms with van der Waals surface area (Å²) in [5, 5.41) is 3.63. The van der Waals surface area contributed by atoms with Crippen molar-refractivity contribution in [2.24, 2.45) is 17.3 Å². The predicted octanol–water partition coefficient (Wildman–Crippen LogP) is 4.16. The summed E-state index contributed by atoms with van der Waals surface area (Å²) in [5.74, 6) is 1.64. The molecule has 0 spiro atoms. The molecule has 1 aliphatic heterocycles. The third-order valence-electron chi connectivity index (χ3n) is 4.46. The molecule has 20 heavy (non-hydrogen) atoms. The maximum Gasteiger partial charge on any atom is 0.00328 e. The summed E-state index contributed by atoms with van der Waals surface area (Å²) in [6, 6.07) is 0. The summed E-state index contributed by atoms with van der Waals surface area (Å²) in [7, 11) is 0. The first kappa shape index (κ1) is 18.0. The highest BCUT2D eigenvalue weighted by molar-refractivity contribution is 4.82. The summed E-state index contributed by atoms with van der Waals surface area (Å²) in [6.07, 6.45) is 6.90. The van der Waals surface area contributed by atoms with Crippen LogP contribution in [0.15, 0.2) is 0 Å². The summed E-state index contributed by atoms with van der Waals surface area (Å²) < 4.78 is 0. The van der Waals surface area contributed by atoms with Crippen LogP contribution in [0.4, 0.5) is 0 Å². The van der Waals surface area contributed by atoms with Gasteiger partial charge in [0.15, 0.2) is 0 Å². The maximum atomic E-state index is 3.63. The van der Waals surface area contributed by atoms with Crippen molar-refractivity contribution in [3.05, 3.63) is 0 Å². The first-order chi connectivity index (χ1) is 9.43. The van der Waals surface area contributed by atoms with Crippen molar-refractivity contribution >= 4 is 0 Å². The average Bonchev–Trinajstić information content (AvgIpc) is 2.75. The predicted molar refractivity (Wildman–Crippen MR) is 90.2 cm³/mol. The van der Waals surface area contributed by atoms with Gasteiger partial charge in [0, 0.05) is 13.1 Å². The van der Waals surface area contributed by atoms with Gasteiger partial charge in [-0.15, -0.1) is 0 Å². The van der Waals surface area contributed by atoms with Crippen LogP contribution in [0.1, 0.15) is 66.7 Å². The second kappa shape index (κ2) is 9.04. The van der Waals surface area contributed by atoms with Crippen molar-refractivity contribution in [1.29, 1.82) is 0 Å². The molecular weight excluding hydrogens is 244 g/mol. The number of hydrogen-bond donors (Lipinski definition) is 1. The Morgan fingerprint density at radius 2 is 2.00 bits per heavy atom. The van der Waals surface area contributed by atoms with Gasteiger partial charge in [0.05, 0.1) is 0 Å². The number of likely N-dealkylation sites (tertiary alicyclic amines) is 1. The van der Waals surface area contributed by atoms with Crippen LogP contribution in [0.2, 0.25) is 0 Å². The topological polar surface area (TPSA) is 15.3 Å². The Hall–Kier alpha value is -0.0800. The van der Waals surface area contributed by atoms with E-state index in [9.17, 15) is 0 Å². The molecular formula is C18H38N2. The van der Waals surface area contributed by atoms with Gasteiger partial charge in [0.25, 0.3) is 0 Å². The van der Waals surface area contributed by atoms with E-state index in [0.29, 0.717) is 5.41 Å². The van der Waals surface area contributed by atoms with E-state index < -0.39 is 0 Å². The van der Waals surface area contributed by atoms with Crippen LogP contribution in [-0.2, 0) is 0 Å². The normalized spacial score (nSPS) is 21.0. The molecule has 2 nitrogen and oxygen atoms in total. The lowest BCUT2D eigenvalue weighted by Gasteiger charge is -2.30. The highest BCUT2D eigenvalue weighted by atomic mass is 15.2. The molecule has 0 amide bonds.